The average molecular weight is 466 g/mol. The zero-order valence-electron chi connectivity index (χ0n) is 19.7. The molecule has 0 N–H and O–H groups in total. The van der Waals surface area contributed by atoms with Crippen LogP contribution in [0.1, 0.15) is 33.0 Å². The van der Waals surface area contributed by atoms with Crippen molar-refractivity contribution < 1.29 is 17.9 Å². The van der Waals surface area contributed by atoms with Crippen LogP contribution in [0.15, 0.2) is 23.1 Å². The number of amides is 1. The second kappa shape index (κ2) is 10.2. The van der Waals surface area contributed by atoms with Crippen LogP contribution in [0.5, 0.6) is 0 Å². The minimum absolute atomic E-state index is 0.240. The van der Waals surface area contributed by atoms with E-state index in [0.29, 0.717) is 37.7 Å². The first kappa shape index (κ1) is 24.5. The van der Waals surface area contributed by atoms with E-state index in [0.717, 1.165) is 37.4 Å². The zero-order chi connectivity index (χ0) is 23.5. The van der Waals surface area contributed by atoms with Crippen LogP contribution in [0.3, 0.4) is 0 Å². The Hall–Kier alpha value is -2.17. The molecule has 0 atom stereocenters. The summed E-state index contributed by atoms with van der Waals surface area (Å²) in [6.07, 6.45) is 0.630. The van der Waals surface area contributed by atoms with Crippen molar-refractivity contribution in [3.05, 3.63) is 24.0 Å². The van der Waals surface area contributed by atoms with Crippen LogP contribution in [0, 0.1) is 5.92 Å². The van der Waals surface area contributed by atoms with E-state index in [4.69, 9.17) is 9.72 Å². The van der Waals surface area contributed by atoms with Crippen LogP contribution in [0.2, 0.25) is 0 Å². The van der Waals surface area contributed by atoms with Crippen LogP contribution in [-0.4, -0.2) is 85.0 Å². The van der Waals surface area contributed by atoms with Gasteiger partial charge in [-0.05, 0) is 37.5 Å². The summed E-state index contributed by atoms with van der Waals surface area (Å²) < 4.78 is 33.7. The maximum Gasteiger partial charge on any atom is 0.409 e. The Balaban J connectivity index is 1.75. The first-order valence-corrected chi connectivity index (χ1v) is 12.6. The van der Waals surface area contributed by atoms with Gasteiger partial charge in [0.1, 0.15) is 5.82 Å². The van der Waals surface area contributed by atoms with Gasteiger partial charge in [-0.15, -0.1) is 0 Å². The van der Waals surface area contributed by atoms with Gasteiger partial charge in [0, 0.05) is 46.8 Å². The molecule has 1 amide bonds. The molecule has 1 aromatic heterocycles. The van der Waals surface area contributed by atoms with Crippen LogP contribution in [0.4, 0.5) is 4.79 Å². The van der Waals surface area contributed by atoms with Gasteiger partial charge in [0.2, 0.25) is 10.0 Å². The van der Waals surface area contributed by atoms with E-state index < -0.39 is 10.0 Å². The molecule has 1 aliphatic rings. The van der Waals surface area contributed by atoms with Crippen molar-refractivity contribution in [3.63, 3.8) is 0 Å². The molecule has 178 valence electrons. The minimum atomic E-state index is -3.51. The standard InChI is InChI=1S/C22H35N5O4S/c1-6-27-20-9-8-18(32(29,30)24(4)5)14-19(20)23-21(27)15-25-10-7-11-26(13-12-25)22(28)31-16-17(2)3/h8-9,14,17H,6-7,10-13,15-16H2,1-5H3. The van der Waals surface area contributed by atoms with E-state index >= 15 is 0 Å². The van der Waals surface area contributed by atoms with Gasteiger partial charge in [-0.25, -0.2) is 22.5 Å². The predicted octanol–water partition coefficient (Wildman–Crippen LogP) is 2.61. The number of sulfonamides is 1. The minimum Gasteiger partial charge on any atom is -0.449 e. The lowest BCUT2D eigenvalue weighted by molar-refractivity contribution is 0.0929. The van der Waals surface area contributed by atoms with Crippen molar-refractivity contribution in [1.82, 2.24) is 23.7 Å². The molecule has 0 spiro atoms. The lowest BCUT2D eigenvalue weighted by atomic mass is 10.2. The highest BCUT2D eigenvalue weighted by atomic mass is 32.2. The van der Waals surface area contributed by atoms with Crippen LogP contribution < -0.4 is 0 Å². The Morgan fingerprint density at radius 3 is 2.59 bits per heavy atom. The Kier molecular flexibility index (Phi) is 7.79. The number of aromatic nitrogens is 2. The molecule has 1 aromatic carbocycles. The summed E-state index contributed by atoms with van der Waals surface area (Å²) in [5.41, 5.74) is 1.60. The molecule has 0 bridgehead atoms. The van der Waals surface area contributed by atoms with Gasteiger partial charge in [-0.2, -0.15) is 0 Å². The topological polar surface area (TPSA) is 88.0 Å². The van der Waals surface area contributed by atoms with Crippen molar-refractivity contribution in [3.8, 4) is 0 Å². The van der Waals surface area contributed by atoms with Crippen LogP contribution in [-0.2, 0) is 27.8 Å². The van der Waals surface area contributed by atoms with Crippen LogP contribution in [0.25, 0.3) is 11.0 Å². The third-order valence-electron chi connectivity index (χ3n) is 5.65. The number of fused-ring (bicyclic) bond motifs is 1. The molecule has 0 saturated carbocycles. The Morgan fingerprint density at radius 2 is 1.94 bits per heavy atom. The lowest BCUT2D eigenvalue weighted by Crippen LogP contribution is -2.36. The number of carbonyl (C=O) groups excluding carboxylic acids is 1. The predicted molar refractivity (Wildman–Crippen MR) is 124 cm³/mol. The molecular weight excluding hydrogens is 430 g/mol. The summed E-state index contributed by atoms with van der Waals surface area (Å²) in [6.45, 7) is 10.8. The average Bonchev–Trinajstić information content (AvgIpc) is 2.91. The largest absolute Gasteiger partial charge is 0.449 e. The summed E-state index contributed by atoms with van der Waals surface area (Å²) in [5, 5.41) is 0. The van der Waals surface area contributed by atoms with Crippen molar-refractivity contribution in [2.24, 2.45) is 5.92 Å². The summed E-state index contributed by atoms with van der Waals surface area (Å²) in [4.78, 5) is 21.4. The number of benzene rings is 1. The first-order chi connectivity index (χ1) is 15.1. The molecule has 1 fully saturated rings. The molecule has 2 heterocycles. The van der Waals surface area contributed by atoms with E-state index in [-0.39, 0.29) is 11.0 Å². The second-order valence-electron chi connectivity index (χ2n) is 8.80. The molecule has 0 radical (unpaired) electrons. The maximum atomic E-state index is 12.5. The maximum absolute atomic E-state index is 12.5. The van der Waals surface area contributed by atoms with Crippen molar-refractivity contribution in [1.29, 1.82) is 0 Å². The first-order valence-electron chi connectivity index (χ1n) is 11.2. The van der Waals surface area contributed by atoms with Crippen molar-refractivity contribution in [2.45, 2.75) is 45.2 Å². The molecule has 0 aliphatic carbocycles. The second-order valence-corrected chi connectivity index (χ2v) is 10.9. The van der Waals surface area contributed by atoms with E-state index in [9.17, 15) is 13.2 Å². The van der Waals surface area contributed by atoms with Gasteiger partial charge in [0.25, 0.3) is 0 Å². The van der Waals surface area contributed by atoms with Gasteiger partial charge < -0.3 is 14.2 Å². The third-order valence-corrected chi connectivity index (χ3v) is 7.46. The van der Waals surface area contributed by atoms with E-state index in [1.54, 1.807) is 17.0 Å². The Morgan fingerprint density at radius 1 is 1.19 bits per heavy atom. The number of ether oxygens (including phenoxy) is 1. The van der Waals surface area contributed by atoms with Gasteiger partial charge in [0.05, 0.1) is 29.1 Å². The molecule has 3 rings (SSSR count). The van der Waals surface area contributed by atoms with Crippen molar-refractivity contribution >= 4 is 27.1 Å². The number of nitrogens with zero attached hydrogens (tertiary/aromatic N) is 5. The quantitative estimate of drug-likeness (QED) is 0.625. The fraction of sp³-hybridized carbons (Fsp3) is 0.636. The molecule has 0 unspecified atom stereocenters. The van der Waals surface area contributed by atoms with Gasteiger partial charge in [-0.1, -0.05) is 13.8 Å². The zero-order valence-corrected chi connectivity index (χ0v) is 20.6. The fourth-order valence-electron chi connectivity index (χ4n) is 3.85. The number of rotatable bonds is 7. The Bertz CT molecular complexity index is 1050. The summed E-state index contributed by atoms with van der Waals surface area (Å²) in [6, 6.07) is 5.12. The smallest absolute Gasteiger partial charge is 0.409 e. The SMILES string of the molecule is CCn1c(CN2CCCN(C(=O)OCC(C)C)CC2)nc2cc(S(=O)(=O)N(C)C)ccc21. The monoisotopic (exact) mass is 465 g/mol. The van der Waals surface area contributed by atoms with E-state index in [2.05, 4.69) is 16.4 Å². The summed E-state index contributed by atoms with van der Waals surface area (Å²) in [7, 11) is -0.462. The number of aryl methyl sites for hydroxylation is 1. The molecule has 9 nitrogen and oxygen atoms in total. The van der Waals surface area contributed by atoms with Gasteiger partial charge in [0.15, 0.2) is 0 Å². The summed E-state index contributed by atoms with van der Waals surface area (Å²) >= 11 is 0. The highest BCUT2D eigenvalue weighted by Gasteiger charge is 2.23. The normalized spacial score (nSPS) is 16.2. The number of hydrogen-bond acceptors (Lipinski definition) is 6. The number of carbonyl (C=O) groups is 1. The lowest BCUT2D eigenvalue weighted by Gasteiger charge is -2.22. The molecule has 1 saturated heterocycles. The summed E-state index contributed by atoms with van der Waals surface area (Å²) in [5.74, 6) is 1.22. The molecule has 32 heavy (non-hydrogen) atoms. The fourth-order valence-corrected chi connectivity index (χ4v) is 4.77. The highest BCUT2D eigenvalue weighted by molar-refractivity contribution is 7.89. The third kappa shape index (κ3) is 5.41. The van der Waals surface area contributed by atoms with E-state index in [1.165, 1.54) is 18.4 Å². The van der Waals surface area contributed by atoms with Crippen LogP contribution >= 0.6 is 0 Å². The van der Waals surface area contributed by atoms with Crippen molar-refractivity contribution in [2.75, 3.05) is 46.9 Å². The highest BCUT2D eigenvalue weighted by Crippen LogP contribution is 2.23. The van der Waals surface area contributed by atoms with Gasteiger partial charge in [-0.3, -0.25) is 4.90 Å². The molecule has 2 aromatic rings. The number of hydrogen-bond donors (Lipinski definition) is 0. The molecule has 1 aliphatic heterocycles. The molecular formula is C22H35N5O4S. The van der Waals surface area contributed by atoms with E-state index in [1.807, 2.05) is 19.9 Å². The Labute approximate surface area is 191 Å². The number of imidazole rings is 1. The molecule has 10 heteroatoms. The van der Waals surface area contributed by atoms with Gasteiger partial charge >= 0.3 is 6.09 Å².